The van der Waals surface area contributed by atoms with Crippen LogP contribution >= 0.6 is 22.9 Å². The molecule has 1 aromatic rings. The summed E-state index contributed by atoms with van der Waals surface area (Å²) in [6, 6.07) is 3.25. The van der Waals surface area contributed by atoms with Crippen molar-refractivity contribution >= 4 is 22.9 Å². The highest BCUT2D eigenvalue weighted by Gasteiger charge is 2.38. The number of nitrogens with two attached hydrogens (primary N) is 1. The highest BCUT2D eigenvalue weighted by molar-refractivity contribution is 7.10. The Morgan fingerprint density at radius 1 is 1.39 bits per heavy atom. The molecule has 2 heterocycles. The van der Waals surface area contributed by atoms with Gasteiger partial charge in [-0.3, -0.25) is 4.90 Å². The minimum absolute atomic E-state index is 0.383. The molecular weight excluding hydrogens is 264 g/mol. The van der Waals surface area contributed by atoms with Crippen molar-refractivity contribution in [3.63, 3.8) is 0 Å². The Morgan fingerprint density at radius 2 is 2.22 bits per heavy atom. The van der Waals surface area contributed by atoms with Crippen LogP contribution in [-0.4, -0.2) is 24.0 Å². The minimum atomic E-state index is 0.383. The molecule has 2 N–H and O–H groups in total. The van der Waals surface area contributed by atoms with E-state index in [9.17, 15) is 0 Å². The molecule has 2 aliphatic rings. The highest BCUT2D eigenvalue weighted by Crippen LogP contribution is 2.41. The molecule has 100 valence electrons. The maximum absolute atomic E-state index is 6.06. The molecule has 1 saturated carbocycles. The summed E-state index contributed by atoms with van der Waals surface area (Å²) in [4.78, 5) is 4.01. The first-order valence-corrected chi connectivity index (χ1v) is 8.25. The fraction of sp³-hybridized carbons (Fsp3) is 0.714. The zero-order valence-corrected chi connectivity index (χ0v) is 12.2. The van der Waals surface area contributed by atoms with E-state index in [2.05, 4.69) is 11.0 Å². The molecule has 2 fully saturated rings. The first-order chi connectivity index (χ1) is 8.79. The van der Waals surface area contributed by atoms with E-state index >= 15 is 0 Å². The van der Waals surface area contributed by atoms with Gasteiger partial charge in [-0.15, -0.1) is 11.3 Å². The van der Waals surface area contributed by atoms with Gasteiger partial charge in [-0.1, -0.05) is 18.0 Å². The summed E-state index contributed by atoms with van der Waals surface area (Å²) in [7, 11) is 0. The van der Waals surface area contributed by atoms with Crippen LogP contribution in [-0.2, 0) is 0 Å². The Kier molecular flexibility index (Phi) is 3.94. The maximum Gasteiger partial charge on any atom is 0.0567 e. The van der Waals surface area contributed by atoms with Crippen molar-refractivity contribution < 1.29 is 0 Å². The van der Waals surface area contributed by atoms with Gasteiger partial charge < -0.3 is 5.73 Å². The molecule has 3 atom stereocenters. The van der Waals surface area contributed by atoms with Gasteiger partial charge in [0.1, 0.15) is 0 Å². The van der Waals surface area contributed by atoms with Crippen LogP contribution in [0.5, 0.6) is 0 Å². The predicted molar refractivity (Wildman–Crippen MR) is 78.2 cm³/mol. The molecule has 1 aliphatic heterocycles. The van der Waals surface area contributed by atoms with Crippen LogP contribution in [0.1, 0.15) is 43.0 Å². The molecular formula is C14H21ClN2S. The number of rotatable bonds is 3. The molecule has 4 heteroatoms. The first-order valence-electron chi connectivity index (χ1n) is 6.99. The van der Waals surface area contributed by atoms with Crippen LogP contribution in [0, 0.1) is 5.92 Å². The smallest absolute Gasteiger partial charge is 0.0567 e. The zero-order valence-electron chi connectivity index (χ0n) is 10.6. The Labute approximate surface area is 118 Å². The SMILES string of the molecule is NCC(c1cc(Cl)cs1)N1CCCC2CCCC21. The third-order valence-corrected chi connectivity index (χ3v) is 5.96. The van der Waals surface area contributed by atoms with Gasteiger partial charge >= 0.3 is 0 Å². The van der Waals surface area contributed by atoms with Crippen molar-refractivity contribution in [2.45, 2.75) is 44.2 Å². The van der Waals surface area contributed by atoms with Gasteiger partial charge in [-0.05, 0) is 44.2 Å². The second-order valence-electron chi connectivity index (χ2n) is 5.56. The number of piperidine rings is 1. The lowest BCUT2D eigenvalue weighted by Gasteiger charge is -2.42. The normalized spacial score (nSPS) is 30.3. The molecule has 0 aromatic carbocycles. The molecule has 2 nitrogen and oxygen atoms in total. The summed E-state index contributed by atoms with van der Waals surface area (Å²) >= 11 is 7.82. The lowest BCUT2D eigenvalue weighted by Crippen LogP contribution is -2.46. The summed E-state index contributed by atoms with van der Waals surface area (Å²) in [5, 5.41) is 2.88. The van der Waals surface area contributed by atoms with Crippen LogP contribution < -0.4 is 5.73 Å². The van der Waals surface area contributed by atoms with E-state index in [4.69, 9.17) is 17.3 Å². The van der Waals surface area contributed by atoms with Gasteiger partial charge in [-0.25, -0.2) is 0 Å². The number of thiophene rings is 1. The third-order valence-electron chi connectivity index (χ3n) is 4.58. The van der Waals surface area contributed by atoms with Gasteiger partial charge in [0.25, 0.3) is 0 Å². The molecule has 1 saturated heterocycles. The Morgan fingerprint density at radius 3 is 2.94 bits per heavy atom. The van der Waals surface area contributed by atoms with E-state index in [1.54, 1.807) is 11.3 Å². The van der Waals surface area contributed by atoms with Gasteiger partial charge in [0.05, 0.1) is 11.1 Å². The summed E-state index contributed by atoms with van der Waals surface area (Å²) in [5.41, 5.74) is 6.05. The second kappa shape index (κ2) is 5.49. The van der Waals surface area contributed by atoms with Crippen molar-refractivity contribution in [2.24, 2.45) is 11.7 Å². The molecule has 0 spiro atoms. The second-order valence-corrected chi connectivity index (χ2v) is 6.94. The molecule has 0 radical (unpaired) electrons. The van der Waals surface area contributed by atoms with Crippen LogP contribution in [0.25, 0.3) is 0 Å². The number of hydrogen-bond acceptors (Lipinski definition) is 3. The highest BCUT2D eigenvalue weighted by atomic mass is 35.5. The quantitative estimate of drug-likeness (QED) is 0.918. The molecule has 1 aromatic heterocycles. The third kappa shape index (κ3) is 2.34. The predicted octanol–water partition coefficient (Wildman–Crippen LogP) is 3.67. The number of hydrogen-bond donors (Lipinski definition) is 1. The van der Waals surface area contributed by atoms with Crippen molar-refractivity contribution in [1.82, 2.24) is 4.90 Å². The van der Waals surface area contributed by atoms with Crippen molar-refractivity contribution in [3.05, 3.63) is 21.3 Å². The van der Waals surface area contributed by atoms with Crippen molar-refractivity contribution in [1.29, 1.82) is 0 Å². The van der Waals surface area contributed by atoms with Crippen molar-refractivity contribution in [2.75, 3.05) is 13.1 Å². The topological polar surface area (TPSA) is 29.3 Å². The minimum Gasteiger partial charge on any atom is -0.329 e. The van der Waals surface area contributed by atoms with Crippen LogP contribution in [0.15, 0.2) is 11.4 Å². The van der Waals surface area contributed by atoms with Gasteiger partial charge in [-0.2, -0.15) is 0 Å². The Balaban J connectivity index is 1.82. The Hall–Kier alpha value is -0.0900. The standard InChI is InChI=1S/C14H21ClN2S/c15-11-7-14(18-9-11)13(8-16)17-6-2-4-10-3-1-5-12(10)17/h7,9-10,12-13H,1-6,8,16H2. The molecule has 0 amide bonds. The maximum atomic E-state index is 6.06. The van der Waals surface area contributed by atoms with E-state index in [0.29, 0.717) is 12.6 Å². The van der Waals surface area contributed by atoms with Gasteiger partial charge in [0, 0.05) is 22.8 Å². The number of nitrogens with zero attached hydrogens (tertiary/aromatic N) is 1. The lowest BCUT2D eigenvalue weighted by atomic mass is 9.90. The largest absolute Gasteiger partial charge is 0.329 e. The van der Waals surface area contributed by atoms with Crippen LogP contribution in [0.2, 0.25) is 5.02 Å². The molecule has 3 rings (SSSR count). The average molecular weight is 285 g/mol. The van der Waals surface area contributed by atoms with Gasteiger partial charge in [0.2, 0.25) is 0 Å². The first kappa shape index (κ1) is 12.9. The summed E-state index contributed by atoms with van der Waals surface area (Å²) < 4.78 is 0. The monoisotopic (exact) mass is 284 g/mol. The van der Waals surface area contributed by atoms with E-state index in [1.165, 1.54) is 43.5 Å². The summed E-state index contributed by atoms with van der Waals surface area (Å²) in [6.45, 7) is 1.92. The number of likely N-dealkylation sites (tertiary alicyclic amines) is 1. The number of halogens is 1. The number of fused-ring (bicyclic) bond motifs is 1. The molecule has 1 aliphatic carbocycles. The molecule has 18 heavy (non-hydrogen) atoms. The lowest BCUT2D eigenvalue weighted by molar-refractivity contribution is 0.0716. The summed E-state index contributed by atoms with van der Waals surface area (Å²) in [5.74, 6) is 0.920. The molecule has 3 unspecified atom stereocenters. The van der Waals surface area contributed by atoms with Crippen LogP contribution in [0.3, 0.4) is 0 Å². The Bertz CT molecular complexity index is 406. The van der Waals surface area contributed by atoms with E-state index in [0.717, 1.165) is 17.0 Å². The van der Waals surface area contributed by atoms with Crippen molar-refractivity contribution in [3.8, 4) is 0 Å². The fourth-order valence-electron chi connectivity index (χ4n) is 3.80. The molecule has 0 bridgehead atoms. The zero-order chi connectivity index (χ0) is 12.5. The van der Waals surface area contributed by atoms with E-state index in [-0.39, 0.29) is 0 Å². The van der Waals surface area contributed by atoms with E-state index in [1.807, 2.05) is 5.38 Å². The van der Waals surface area contributed by atoms with E-state index < -0.39 is 0 Å². The summed E-state index contributed by atoms with van der Waals surface area (Å²) in [6.07, 6.45) is 6.93. The van der Waals surface area contributed by atoms with Crippen LogP contribution in [0.4, 0.5) is 0 Å². The fourth-order valence-corrected chi connectivity index (χ4v) is 5.01. The van der Waals surface area contributed by atoms with Gasteiger partial charge in [0.15, 0.2) is 0 Å². The average Bonchev–Trinajstić information content (AvgIpc) is 2.99.